The second kappa shape index (κ2) is 4.83. The number of hydrogen-bond donors (Lipinski definition) is 0. The number of rotatable bonds is 2. The zero-order valence-electron chi connectivity index (χ0n) is 12.8. The first kappa shape index (κ1) is 13.3. The van der Waals surface area contributed by atoms with Crippen LogP contribution in [0.1, 0.15) is 5.56 Å². The summed E-state index contributed by atoms with van der Waals surface area (Å²) in [7, 11) is 1.87. The Hall–Kier alpha value is -2.37. The Morgan fingerprint density at radius 1 is 1.27 bits per heavy atom. The number of fused-ring (bicyclic) bond motifs is 1. The summed E-state index contributed by atoms with van der Waals surface area (Å²) >= 11 is 0. The summed E-state index contributed by atoms with van der Waals surface area (Å²) in [5.74, 6) is 1.67. The van der Waals surface area contributed by atoms with Crippen molar-refractivity contribution in [1.29, 1.82) is 0 Å². The number of anilines is 2. The Morgan fingerprint density at radius 2 is 2.14 bits per heavy atom. The van der Waals surface area contributed by atoms with Gasteiger partial charge in [0.1, 0.15) is 5.82 Å². The van der Waals surface area contributed by atoms with E-state index in [1.54, 1.807) is 10.9 Å². The highest BCUT2D eigenvalue weighted by atomic mass is 16.2. The molecule has 22 heavy (non-hydrogen) atoms. The van der Waals surface area contributed by atoms with Gasteiger partial charge in [-0.25, -0.2) is 4.98 Å². The number of nitrogens with zero attached hydrogens (tertiary/aromatic N) is 5. The van der Waals surface area contributed by atoms with Crippen LogP contribution in [0.15, 0.2) is 30.7 Å². The van der Waals surface area contributed by atoms with E-state index in [0.29, 0.717) is 5.92 Å². The quantitative estimate of drug-likeness (QED) is 0.836. The maximum Gasteiger partial charge on any atom is 0.232 e. The molecule has 4 rings (SSSR count). The van der Waals surface area contributed by atoms with Gasteiger partial charge in [0, 0.05) is 45.0 Å². The summed E-state index contributed by atoms with van der Waals surface area (Å²) in [6, 6.07) is 4.02. The smallest absolute Gasteiger partial charge is 0.232 e. The van der Waals surface area contributed by atoms with Gasteiger partial charge in [-0.2, -0.15) is 5.10 Å². The predicted molar refractivity (Wildman–Crippen MR) is 83.7 cm³/mol. The van der Waals surface area contributed by atoms with Gasteiger partial charge < -0.3 is 9.80 Å². The minimum atomic E-state index is 0.0709. The number of carbonyl (C=O) groups excluding carboxylic acids is 1. The Kier molecular flexibility index (Phi) is 2.92. The van der Waals surface area contributed by atoms with E-state index in [1.807, 2.05) is 30.4 Å². The third kappa shape index (κ3) is 1.98. The number of hydrogen-bond acceptors (Lipinski definition) is 4. The lowest BCUT2D eigenvalue weighted by molar-refractivity contribution is -0.120. The van der Waals surface area contributed by atoms with Crippen molar-refractivity contribution in [2.45, 2.75) is 6.92 Å². The average molecular weight is 297 g/mol. The van der Waals surface area contributed by atoms with Crippen LogP contribution in [-0.4, -0.2) is 40.3 Å². The number of carbonyl (C=O) groups is 1. The van der Waals surface area contributed by atoms with Crippen LogP contribution in [0.3, 0.4) is 0 Å². The molecule has 2 aromatic heterocycles. The second-order valence-corrected chi connectivity index (χ2v) is 6.24. The van der Waals surface area contributed by atoms with Crippen molar-refractivity contribution in [3.05, 3.63) is 36.3 Å². The molecule has 2 aliphatic rings. The van der Waals surface area contributed by atoms with Crippen LogP contribution in [0.25, 0.3) is 0 Å². The van der Waals surface area contributed by atoms with E-state index in [2.05, 4.69) is 28.0 Å². The molecule has 4 heterocycles. The molecule has 114 valence electrons. The predicted octanol–water partition coefficient (Wildman–Crippen LogP) is 1.22. The molecule has 0 unspecified atom stereocenters. The summed E-state index contributed by atoms with van der Waals surface area (Å²) in [6.45, 7) is 4.50. The van der Waals surface area contributed by atoms with Gasteiger partial charge in [0.05, 0.1) is 17.8 Å². The zero-order valence-corrected chi connectivity index (χ0v) is 12.8. The summed E-state index contributed by atoms with van der Waals surface area (Å²) in [6.07, 6.45) is 5.49. The maximum absolute atomic E-state index is 12.7. The molecule has 2 aromatic rings. The van der Waals surface area contributed by atoms with Crippen LogP contribution in [-0.2, 0) is 11.8 Å². The summed E-state index contributed by atoms with van der Waals surface area (Å²) in [4.78, 5) is 21.3. The molecule has 0 aromatic carbocycles. The molecular formula is C16H19N5O. The molecule has 0 radical (unpaired) electrons. The van der Waals surface area contributed by atoms with Gasteiger partial charge in [0.15, 0.2) is 0 Å². The fourth-order valence-corrected chi connectivity index (χ4v) is 3.62. The van der Waals surface area contributed by atoms with Crippen molar-refractivity contribution in [2.75, 3.05) is 29.4 Å². The van der Waals surface area contributed by atoms with Gasteiger partial charge in [-0.3, -0.25) is 9.48 Å². The molecule has 0 N–H and O–H groups in total. The molecule has 2 fully saturated rings. The van der Waals surface area contributed by atoms with Gasteiger partial charge in [-0.15, -0.1) is 0 Å². The van der Waals surface area contributed by atoms with Gasteiger partial charge in [0.25, 0.3) is 0 Å². The molecule has 1 amide bonds. The summed E-state index contributed by atoms with van der Waals surface area (Å²) < 4.78 is 1.74. The monoisotopic (exact) mass is 297 g/mol. The van der Waals surface area contributed by atoms with E-state index in [1.165, 1.54) is 5.56 Å². The molecule has 6 heteroatoms. The highest BCUT2D eigenvalue weighted by Gasteiger charge is 2.47. The Balaban J connectivity index is 1.54. The lowest BCUT2D eigenvalue weighted by atomic mass is 10.0. The van der Waals surface area contributed by atoms with Crippen molar-refractivity contribution in [1.82, 2.24) is 14.8 Å². The molecule has 2 saturated heterocycles. The fraction of sp³-hybridized carbons (Fsp3) is 0.438. The first-order valence-electron chi connectivity index (χ1n) is 7.60. The van der Waals surface area contributed by atoms with Crippen molar-refractivity contribution >= 4 is 17.4 Å². The van der Waals surface area contributed by atoms with E-state index in [4.69, 9.17) is 0 Å². The van der Waals surface area contributed by atoms with E-state index in [0.717, 1.165) is 31.1 Å². The first-order chi connectivity index (χ1) is 10.6. The third-order valence-electron chi connectivity index (χ3n) is 4.73. The lowest BCUT2D eigenvalue weighted by Crippen LogP contribution is -2.33. The molecule has 6 nitrogen and oxygen atoms in total. The number of amides is 1. The third-order valence-corrected chi connectivity index (χ3v) is 4.73. The normalized spacial score (nSPS) is 24.2. The van der Waals surface area contributed by atoms with Crippen molar-refractivity contribution in [2.24, 2.45) is 18.9 Å². The minimum Gasteiger partial charge on any atom is -0.355 e. The SMILES string of the molecule is Cc1cccnc1N1C[C@H]2CN(c3cnn(C)c3)C(=O)[C@H]2C1. The lowest BCUT2D eigenvalue weighted by Gasteiger charge is -2.22. The largest absolute Gasteiger partial charge is 0.355 e. The highest BCUT2D eigenvalue weighted by molar-refractivity contribution is 5.98. The molecule has 0 aliphatic carbocycles. The minimum absolute atomic E-state index is 0.0709. The fourth-order valence-electron chi connectivity index (χ4n) is 3.62. The maximum atomic E-state index is 12.7. The van der Waals surface area contributed by atoms with Crippen LogP contribution in [0.2, 0.25) is 0 Å². The van der Waals surface area contributed by atoms with Gasteiger partial charge in [-0.05, 0) is 18.6 Å². The molecule has 0 spiro atoms. The molecule has 2 aliphatic heterocycles. The van der Waals surface area contributed by atoms with E-state index in [-0.39, 0.29) is 11.8 Å². The molecule has 0 bridgehead atoms. The van der Waals surface area contributed by atoms with Crippen molar-refractivity contribution < 1.29 is 4.79 Å². The van der Waals surface area contributed by atoms with Gasteiger partial charge in [0.2, 0.25) is 5.91 Å². The highest BCUT2D eigenvalue weighted by Crippen LogP contribution is 2.37. The average Bonchev–Trinajstić information content (AvgIpc) is 3.16. The van der Waals surface area contributed by atoms with Crippen LogP contribution >= 0.6 is 0 Å². The van der Waals surface area contributed by atoms with E-state index < -0.39 is 0 Å². The van der Waals surface area contributed by atoms with Crippen LogP contribution in [0, 0.1) is 18.8 Å². The van der Waals surface area contributed by atoms with Crippen molar-refractivity contribution in [3.8, 4) is 0 Å². The van der Waals surface area contributed by atoms with Crippen LogP contribution < -0.4 is 9.80 Å². The first-order valence-corrected chi connectivity index (χ1v) is 7.60. The van der Waals surface area contributed by atoms with Gasteiger partial charge >= 0.3 is 0 Å². The molecule has 2 atom stereocenters. The van der Waals surface area contributed by atoms with E-state index >= 15 is 0 Å². The second-order valence-electron chi connectivity index (χ2n) is 6.24. The van der Waals surface area contributed by atoms with Crippen LogP contribution in [0.5, 0.6) is 0 Å². The Bertz CT molecular complexity index is 725. The molecule has 0 saturated carbocycles. The van der Waals surface area contributed by atoms with E-state index in [9.17, 15) is 4.79 Å². The molecular weight excluding hydrogens is 278 g/mol. The number of aromatic nitrogens is 3. The Labute approximate surface area is 129 Å². The Morgan fingerprint density at radius 3 is 2.82 bits per heavy atom. The number of aryl methyl sites for hydroxylation is 2. The van der Waals surface area contributed by atoms with Crippen molar-refractivity contribution in [3.63, 3.8) is 0 Å². The topological polar surface area (TPSA) is 54.3 Å². The standard InChI is InChI=1S/C16H19N5O/c1-11-4-3-5-17-15(11)20-7-12-8-21(16(22)14(12)10-20)13-6-18-19(2)9-13/h3-6,9,12,14H,7-8,10H2,1-2H3/t12-,14-/m0/s1. The summed E-state index contributed by atoms with van der Waals surface area (Å²) in [5.41, 5.74) is 2.07. The van der Waals surface area contributed by atoms with Crippen LogP contribution in [0.4, 0.5) is 11.5 Å². The number of pyridine rings is 1. The van der Waals surface area contributed by atoms with Gasteiger partial charge in [-0.1, -0.05) is 6.07 Å². The summed E-state index contributed by atoms with van der Waals surface area (Å²) in [5, 5.41) is 4.17. The zero-order chi connectivity index (χ0) is 15.3.